The summed E-state index contributed by atoms with van der Waals surface area (Å²) in [5.74, 6) is -0.291. The minimum atomic E-state index is -0.930. The number of allylic oxidation sites excluding steroid dienone is 2. The SMILES string of the molecule is COCC(=CC(=O)O)CCC1C(C)=CC(=O)C2C(C)(C)CCCC12C. The van der Waals surface area contributed by atoms with Gasteiger partial charge in [0.15, 0.2) is 5.78 Å². The molecule has 0 aromatic heterocycles. The van der Waals surface area contributed by atoms with E-state index in [1.165, 1.54) is 6.08 Å². The molecule has 0 spiro atoms. The van der Waals surface area contributed by atoms with Gasteiger partial charge in [-0.1, -0.05) is 32.8 Å². The number of hydrogen-bond acceptors (Lipinski definition) is 3. The zero-order valence-electron chi connectivity index (χ0n) is 16.2. The molecule has 2 rings (SSSR count). The lowest BCUT2D eigenvalue weighted by Crippen LogP contribution is -2.52. The monoisotopic (exact) mass is 348 g/mol. The Kier molecular flexibility index (Phi) is 5.93. The average Bonchev–Trinajstić information content (AvgIpc) is 2.44. The van der Waals surface area contributed by atoms with Gasteiger partial charge in [-0.15, -0.1) is 0 Å². The summed E-state index contributed by atoms with van der Waals surface area (Å²) in [6.07, 6.45) is 7.96. The highest BCUT2D eigenvalue weighted by atomic mass is 16.5. The number of carboxylic acid groups (broad SMARTS) is 1. The maximum absolute atomic E-state index is 12.8. The highest BCUT2D eigenvalue weighted by Crippen LogP contribution is 2.59. The number of hydrogen-bond donors (Lipinski definition) is 1. The van der Waals surface area contributed by atoms with Crippen molar-refractivity contribution >= 4 is 11.8 Å². The van der Waals surface area contributed by atoms with Gasteiger partial charge in [0, 0.05) is 19.1 Å². The summed E-state index contributed by atoms with van der Waals surface area (Å²) < 4.78 is 5.15. The van der Waals surface area contributed by atoms with Crippen LogP contribution in [0.15, 0.2) is 23.3 Å². The van der Waals surface area contributed by atoms with E-state index < -0.39 is 5.97 Å². The van der Waals surface area contributed by atoms with Crippen molar-refractivity contribution < 1.29 is 19.4 Å². The van der Waals surface area contributed by atoms with Crippen LogP contribution in [0.5, 0.6) is 0 Å². The lowest BCUT2D eigenvalue weighted by molar-refractivity contribution is -0.136. The predicted molar refractivity (Wildman–Crippen MR) is 98.3 cm³/mol. The van der Waals surface area contributed by atoms with Crippen molar-refractivity contribution in [1.29, 1.82) is 0 Å². The van der Waals surface area contributed by atoms with Crippen LogP contribution in [0.2, 0.25) is 0 Å². The molecule has 1 fully saturated rings. The van der Waals surface area contributed by atoms with Crippen LogP contribution in [-0.2, 0) is 14.3 Å². The van der Waals surface area contributed by atoms with Crippen LogP contribution in [0.4, 0.5) is 0 Å². The fourth-order valence-corrected chi connectivity index (χ4v) is 5.55. The van der Waals surface area contributed by atoms with E-state index in [0.29, 0.717) is 18.9 Å². The molecule has 0 aromatic rings. The highest BCUT2D eigenvalue weighted by molar-refractivity contribution is 5.94. The van der Waals surface area contributed by atoms with E-state index in [-0.39, 0.29) is 22.5 Å². The van der Waals surface area contributed by atoms with Crippen LogP contribution >= 0.6 is 0 Å². The Balaban J connectivity index is 2.28. The number of carbonyl (C=O) groups is 2. The van der Waals surface area contributed by atoms with Crippen molar-refractivity contribution in [1.82, 2.24) is 0 Å². The smallest absolute Gasteiger partial charge is 0.328 e. The molecule has 0 aliphatic heterocycles. The zero-order chi connectivity index (χ0) is 18.8. The summed E-state index contributed by atoms with van der Waals surface area (Å²) in [6.45, 7) is 9.11. The van der Waals surface area contributed by atoms with E-state index in [9.17, 15) is 9.59 Å². The first-order valence-corrected chi connectivity index (χ1v) is 9.25. The van der Waals surface area contributed by atoms with E-state index >= 15 is 0 Å². The lowest BCUT2D eigenvalue weighted by Gasteiger charge is -2.55. The number of carboxylic acids is 1. The third-order valence-corrected chi connectivity index (χ3v) is 6.39. The summed E-state index contributed by atoms with van der Waals surface area (Å²) in [5.41, 5.74) is 1.92. The molecule has 3 atom stereocenters. The van der Waals surface area contributed by atoms with Gasteiger partial charge in [-0.2, -0.15) is 0 Å². The lowest BCUT2D eigenvalue weighted by atomic mass is 9.48. The predicted octanol–water partition coefficient (Wildman–Crippen LogP) is 4.40. The molecule has 0 amide bonds. The number of methoxy groups -OCH3 is 1. The molecule has 4 heteroatoms. The molecule has 0 radical (unpaired) electrons. The van der Waals surface area contributed by atoms with Gasteiger partial charge in [0.1, 0.15) is 0 Å². The molecule has 140 valence electrons. The van der Waals surface area contributed by atoms with Gasteiger partial charge in [0.2, 0.25) is 0 Å². The second kappa shape index (κ2) is 7.45. The molecule has 0 aromatic carbocycles. The van der Waals surface area contributed by atoms with E-state index in [1.807, 2.05) is 6.08 Å². The summed E-state index contributed by atoms with van der Waals surface area (Å²) in [4.78, 5) is 23.8. The van der Waals surface area contributed by atoms with Crippen molar-refractivity contribution in [3.63, 3.8) is 0 Å². The summed E-state index contributed by atoms with van der Waals surface area (Å²) in [5, 5.41) is 9.05. The van der Waals surface area contributed by atoms with Crippen molar-refractivity contribution in [3.05, 3.63) is 23.3 Å². The quantitative estimate of drug-likeness (QED) is 0.723. The minimum Gasteiger partial charge on any atom is -0.478 e. The van der Waals surface area contributed by atoms with E-state index in [4.69, 9.17) is 9.84 Å². The summed E-state index contributed by atoms with van der Waals surface area (Å²) >= 11 is 0. The van der Waals surface area contributed by atoms with Gasteiger partial charge in [-0.3, -0.25) is 4.79 Å². The van der Waals surface area contributed by atoms with Crippen LogP contribution in [0.25, 0.3) is 0 Å². The van der Waals surface area contributed by atoms with Crippen LogP contribution in [0, 0.1) is 22.7 Å². The molecule has 0 heterocycles. The Hall–Kier alpha value is -1.42. The van der Waals surface area contributed by atoms with Crippen molar-refractivity contribution in [2.24, 2.45) is 22.7 Å². The van der Waals surface area contributed by atoms with E-state index in [1.54, 1.807) is 7.11 Å². The van der Waals surface area contributed by atoms with Crippen LogP contribution < -0.4 is 0 Å². The summed E-state index contributed by atoms with van der Waals surface area (Å²) in [7, 11) is 1.58. The minimum absolute atomic E-state index is 0.0196. The molecular formula is C21H32O4. The second-order valence-electron chi connectivity index (χ2n) is 8.74. The van der Waals surface area contributed by atoms with Crippen LogP contribution in [0.3, 0.4) is 0 Å². The molecule has 3 unspecified atom stereocenters. The van der Waals surface area contributed by atoms with E-state index in [2.05, 4.69) is 27.7 Å². The molecule has 2 aliphatic rings. The molecular weight excluding hydrogens is 316 g/mol. The fraction of sp³-hybridized carbons (Fsp3) is 0.714. The Morgan fingerprint density at radius 3 is 2.64 bits per heavy atom. The van der Waals surface area contributed by atoms with Gasteiger partial charge in [0.25, 0.3) is 0 Å². The van der Waals surface area contributed by atoms with E-state index in [0.717, 1.165) is 36.8 Å². The first kappa shape index (κ1) is 19.9. The van der Waals surface area contributed by atoms with Gasteiger partial charge in [-0.25, -0.2) is 4.79 Å². The largest absolute Gasteiger partial charge is 0.478 e. The molecule has 1 saturated carbocycles. The Morgan fingerprint density at radius 1 is 1.36 bits per heavy atom. The van der Waals surface area contributed by atoms with Gasteiger partial charge in [0.05, 0.1) is 6.61 Å². The number of ether oxygens (including phenoxy) is 1. The number of rotatable bonds is 6. The topological polar surface area (TPSA) is 63.6 Å². The van der Waals surface area contributed by atoms with Crippen molar-refractivity contribution in [3.8, 4) is 0 Å². The molecule has 25 heavy (non-hydrogen) atoms. The van der Waals surface area contributed by atoms with Gasteiger partial charge in [-0.05, 0) is 61.0 Å². The van der Waals surface area contributed by atoms with Crippen molar-refractivity contribution in [2.45, 2.75) is 59.8 Å². The third-order valence-electron chi connectivity index (χ3n) is 6.39. The zero-order valence-corrected chi connectivity index (χ0v) is 16.2. The maximum atomic E-state index is 12.8. The number of fused-ring (bicyclic) bond motifs is 1. The van der Waals surface area contributed by atoms with Gasteiger partial charge >= 0.3 is 5.97 Å². The first-order valence-electron chi connectivity index (χ1n) is 9.25. The maximum Gasteiger partial charge on any atom is 0.328 e. The second-order valence-corrected chi connectivity index (χ2v) is 8.74. The Bertz CT molecular complexity index is 599. The molecule has 2 aliphatic carbocycles. The third kappa shape index (κ3) is 4.05. The molecule has 1 N–H and O–H groups in total. The number of ketones is 1. The normalized spacial score (nSPS) is 32.1. The first-order chi connectivity index (χ1) is 11.6. The van der Waals surface area contributed by atoms with Crippen molar-refractivity contribution in [2.75, 3.05) is 13.7 Å². The fourth-order valence-electron chi connectivity index (χ4n) is 5.55. The number of carbonyl (C=O) groups excluding carboxylic acids is 1. The number of aliphatic carboxylic acids is 1. The molecule has 0 bridgehead atoms. The average molecular weight is 348 g/mol. The Labute approximate surface area is 151 Å². The molecule has 4 nitrogen and oxygen atoms in total. The standard InChI is InChI=1S/C21H32O4/c1-14-11-17(22)19-20(2,3)9-6-10-21(19,4)16(14)8-7-15(13-25-5)12-18(23)24/h11-12,16,19H,6-10,13H2,1-5H3,(H,23,24). The highest BCUT2D eigenvalue weighted by Gasteiger charge is 2.55. The molecule has 0 saturated heterocycles. The Morgan fingerprint density at radius 2 is 2.04 bits per heavy atom. The summed E-state index contributed by atoms with van der Waals surface area (Å²) in [6, 6.07) is 0. The van der Waals surface area contributed by atoms with Gasteiger partial charge < -0.3 is 9.84 Å². The van der Waals surface area contributed by atoms with Crippen LogP contribution in [-0.4, -0.2) is 30.6 Å². The van der Waals surface area contributed by atoms with Crippen LogP contribution in [0.1, 0.15) is 59.8 Å².